The minimum atomic E-state index is 0.119. The maximum atomic E-state index is 6.01. The molecule has 2 aromatic rings. The van der Waals surface area contributed by atoms with Crippen LogP contribution in [0.25, 0.3) is 0 Å². The van der Waals surface area contributed by atoms with Crippen LogP contribution >= 0.6 is 11.6 Å². The van der Waals surface area contributed by atoms with Gasteiger partial charge in [0.15, 0.2) is 0 Å². The molecule has 0 saturated carbocycles. The molecule has 20 heavy (non-hydrogen) atoms. The molecule has 4 heteroatoms. The average Bonchev–Trinajstić information content (AvgIpc) is 2.45. The molecule has 1 aromatic heterocycles. The highest BCUT2D eigenvalue weighted by molar-refractivity contribution is 6.31. The van der Waals surface area contributed by atoms with Gasteiger partial charge in [0.25, 0.3) is 0 Å². The molecule has 1 aromatic carbocycles. The fraction of sp³-hybridized carbons (Fsp3) is 0.312. The van der Waals surface area contributed by atoms with Crippen molar-refractivity contribution in [1.82, 2.24) is 4.98 Å². The summed E-state index contributed by atoms with van der Waals surface area (Å²) >= 11 is 6.01. The van der Waals surface area contributed by atoms with Crippen LogP contribution in [0, 0.1) is 6.92 Å². The van der Waals surface area contributed by atoms with E-state index in [0.29, 0.717) is 5.88 Å². The zero-order valence-electron chi connectivity index (χ0n) is 11.8. The van der Waals surface area contributed by atoms with E-state index in [4.69, 9.17) is 22.1 Å². The van der Waals surface area contributed by atoms with Crippen LogP contribution in [0.15, 0.2) is 36.5 Å². The van der Waals surface area contributed by atoms with Crippen LogP contribution < -0.4 is 10.5 Å². The lowest BCUT2D eigenvalue weighted by molar-refractivity contribution is 0.452. The van der Waals surface area contributed by atoms with Gasteiger partial charge in [-0.2, -0.15) is 0 Å². The van der Waals surface area contributed by atoms with E-state index in [2.05, 4.69) is 11.9 Å². The summed E-state index contributed by atoms with van der Waals surface area (Å²) in [6.07, 6.45) is 3.40. The van der Waals surface area contributed by atoms with E-state index in [9.17, 15) is 0 Å². The highest BCUT2D eigenvalue weighted by atomic mass is 35.5. The van der Waals surface area contributed by atoms with Crippen LogP contribution in [-0.2, 0) is 6.42 Å². The number of benzene rings is 1. The van der Waals surface area contributed by atoms with Crippen molar-refractivity contribution < 1.29 is 4.74 Å². The molecule has 2 N–H and O–H groups in total. The largest absolute Gasteiger partial charge is 0.439 e. The second kappa shape index (κ2) is 6.73. The lowest BCUT2D eigenvalue weighted by Crippen LogP contribution is -2.21. The fourth-order valence-corrected chi connectivity index (χ4v) is 2.01. The van der Waals surface area contributed by atoms with Crippen LogP contribution in [0.2, 0.25) is 5.02 Å². The highest BCUT2D eigenvalue weighted by Crippen LogP contribution is 2.27. The van der Waals surface area contributed by atoms with Crippen molar-refractivity contribution in [3.05, 3.63) is 52.7 Å². The molecule has 1 atom stereocenters. The standard InChI is InChI=1S/C16H19ClN2O/c1-3-13(18)10-12-5-4-8-19-16(12)20-14-6-7-15(17)11(2)9-14/h4-9,13H,3,10,18H2,1-2H3. The van der Waals surface area contributed by atoms with Crippen molar-refractivity contribution >= 4 is 11.6 Å². The average molecular weight is 291 g/mol. The van der Waals surface area contributed by atoms with Crippen molar-refractivity contribution in [2.75, 3.05) is 0 Å². The Kier molecular flexibility index (Phi) is 4.99. The third-order valence-electron chi connectivity index (χ3n) is 3.20. The Morgan fingerprint density at radius 3 is 2.85 bits per heavy atom. The number of pyridine rings is 1. The van der Waals surface area contributed by atoms with E-state index >= 15 is 0 Å². The first-order valence-corrected chi connectivity index (χ1v) is 7.11. The maximum Gasteiger partial charge on any atom is 0.222 e. The molecule has 0 aliphatic carbocycles. The molecule has 1 heterocycles. The molecule has 0 radical (unpaired) electrons. The smallest absolute Gasteiger partial charge is 0.222 e. The number of nitrogens with two attached hydrogens (primary N) is 1. The second-order valence-electron chi connectivity index (χ2n) is 4.85. The van der Waals surface area contributed by atoms with Gasteiger partial charge in [-0.25, -0.2) is 4.98 Å². The molecule has 0 fully saturated rings. The third kappa shape index (κ3) is 3.71. The number of hydrogen-bond donors (Lipinski definition) is 1. The predicted octanol–water partition coefficient (Wildman–Crippen LogP) is 4.12. The number of ether oxygens (including phenoxy) is 1. The zero-order chi connectivity index (χ0) is 14.5. The summed E-state index contributed by atoms with van der Waals surface area (Å²) in [7, 11) is 0. The molecular weight excluding hydrogens is 272 g/mol. The van der Waals surface area contributed by atoms with Gasteiger partial charge in [0.2, 0.25) is 5.88 Å². The van der Waals surface area contributed by atoms with Gasteiger partial charge in [0.05, 0.1) is 0 Å². The molecule has 106 valence electrons. The lowest BCUT2D eigenvalue weighted by atomic mass is 10.1. The van der Waals surface area contributed by atoms with Gasteiger partial charge in [-0.15, -0.1) is 0 Å². The summed E-state index contributed by atoms with van der Waals surface area (Å²) in [5, 5.41) is 0.728. The molecule has 0 aliphatic rings. The van der Waals surface area contributed by atoms with Crippen LogP contribution in [0.3, 0.4) is 0 Å². The number of rotatable bonds is 5. The molecule has 0 spiro atoms. The molecule has 0 saturated heterocycles. The first-order chi connectivity index (χ1) is 9.60. The first kappa shape index (κ1) is 14.8. The molecule has 0 aliphatic heterocycles. The first-order valence-electron chi connectivity index (χ1n) is 6.73. The van der Waals surface area contributed by atoms with Gasteiger partial charge in [0, 0.05) is 22.8 Å². The monoisotopic (exact) mass is 290 g/mol. The number of aromatic nitrogens is 1. The Balaban J connectivity index is 2.22. The highest BCUT2D eigenvalue weighted by Gasteiger charge is 2.10. The minimum absolute atomic E-state index is 0.119. The summed E-state index contributed by atoms with van der Waals surface area (Å²) in [4.78, 5) is 4.30. The number of nitrogens with zero attached hydrogens (tertiary/aromatic N) is 1. The maximum absolute atomic E-state index is 6.01. The molecule has 0 amide bonds. The minimum Gasteiger partial charge on any atom is -0.439 e. The Morgan fingerprint density at radius 2 is 2.15 bits per heavy atom. The second-order valence-corrected chi connectivity index (χ2v) is 5.26. The Labute approximate surface area is 124 Å². The van der Waals surface area contributed by atoms with Crippen LogP contribution in [-0.4, -0.2) is 11.0 Å². The van der Waals surface area contributed by atoms with E-state index < -0.39 is 0 Å². The van der Waals surface area contributed by atoms with Crippen LogP contribution in [0.1, 0.15) is 24.5 Å². The quantitative estimate of drug-likeness (QED) is 0.901. The zero-order valence-corrected chi connectivity index (χ0v) is 12.5. The van der Waals surface area contributed by atoms with Crippen LogP contribution in [0.4, 0.5) is 0 Å². The van der Waals surface area contributed by atoms with Gasteiger partial charge in [-0.05, 0) is 49.6 Å². The predicted molar refractivity (Wildman–Crippen MR) is 82.5 cm³/mol. The number of aryl methyl sites for hydroxylation is 1. The van der Waals surface area contributed by atoms with E-state index in [1.807, 2.05) is 37.3 Å². The normalized spacial score (nSPS) is 12.2. The van der Waals surface area contributed by atoms with Crippen molar-refractivity contribution in [2.24, 2.45) is 5.73 Å². The lowest BCUT2D eigenvalue weighted by Gasteiger charge is -2.13. The summed E-state index contributed by atoms with van der Waals surface area (Å²) < 4.78 is 5.87. The van der Waals surface area contributed by atoms with Gasteiger partial charge < -0.3 is 10.5 Å². The van der Waals surface area contributed by atoms with Crippen molar-refractivity contribution in [2.45, 2.75) is 32.7 Å². The van der Waals surface area contributed by atoms with Crippen molar-refractivity contribution in [3.63, 3.8) is 0 Å². The van der Waals surface area contributed by atoms with E-state index in [1.54, 1.807) is 6.20 Å². The molecule has 0 bridgehead atoms. The van der Waals surface area contributed by atoms with E-state index in [0.717, 1.165) is 34.7 Å². The summed E-state index contributed by atoms with van der Waals surface area (Å²) in [6.45, 7) is 4.02. The molecular formula is C16H19ClN2O. The van der Waals surface area contributed by atoms with Gasteiger partial charge in [-0.1, -0.05) is 24.6 Å². The number of hydrogen-bond acceptors (Lipinski definition) is 3. The molecule has 3 nitrogen and oxygen atoms in total. The Morgan fingerprint density at radius 1 is 1.35 bits per heavy atom. The fourth-order valence-electron chi connectivity index (χ4n) is 1.89. The van der Waals surface area contributed by atoms with Crippen molar-refractivity contribution in [3.8, 4) is 11.6 Å². The van der Waals surface area contributed by atoms with Gasteiger partial charge >= 0.3 is 0 Å². The Bertz CT molecular complexity index is 586. The van der Waals surface area contributed by atoms with Crippen molar-refractivity contribution in [1.29, 1.82) is 0 Å². The topological polar surface area (TPSA) is 48.1 Å². The van der Waals surface area contributed by atoms with Crippen LogP contribution in [0.5, 0.6) is 11.6 Å². The summed E-state index contributed by atoms with van der Waals surface area (Å²) in [5.41, 5.74) is 8.01. The van der Waals surface area contributed by atoms with Gasteiger partial charge in [0.1, 0.15) is 5.75 Å². The third-order valence-corrected chi connectivity index (χ3v) is 3.62. The SMILES string of the molecule is CCC(N)Cc1cccnc1Oc1ccc(Cl)c(C)c1. The Hall–Kier alpha value is -1.58. The van der Waals surface area contributed by atoms with E-state index in [1.165, 1.54) is 0 Å². The molecule has 1 unspecified atom stereocenters. The van der Waals surface area contributed by atoms with E-state index in [-0.39, 0.29) is 6.04 Å². The van der Waals surface area contributed by atoms with Gasteiger partial charge in [-0.3, -0.25) is 0 Å². The summed E-state index contributed by atoms with van der Waals surface area (Å²) in [5.74, 6) is 1.34. The molecule has 2 rings (SSSR count). The number of halogens is 1. The summed E-state index contributed by atoms with van der Waals surface area (Å²) in [6, 6.07) is 9.59.